The number of benzene rings is 1. The van der Waals surface area contributed by atoms with Crippen LogP contribution < -0.4 is 15.2 Å². The third kappa shape index (κ3) is 4.59. The normalized spacial score (nSPS) is 9.89. The zero-order valence-corrected chi connectivity index (χ0v) is 12.9. The lowest BCUT2D eigenvalue weighted by molar-refractivity contribution is 0.0999. The van der Waals surface area contributed by atoms with Gasteiger partial charge in [0.05, 0.1) is 11.1 Å². The summed E-state index contributed by atoms with van der Waals surface area (Å²) >= 11 is 3.37. The SMILES string of the molecule is CCOc1cc(C(N)=O)cc(Br)c1OCC=C(C)C. The standard InChI is InChI=1S/C14H18BrNO3/c1-4-18-12-8-10(14(16)17)7-11(15)13(12)19-6-5-9(2)3/h5,7-8H,4,6H2,1-3H3,(H2,16,17). The number of allylic oxidation sites excluding steroid dienone is 1. The zero-order chi connectivity index (χ0) is 14.4. The molecule has 5 heteroatoms. The van der Waals surface area contributed by atoms with E-state index in [2.05, 4.69) is 15.9 Å². The van der Waals surface area contributed by atoms with Gasteiger partial charge in [0.15, 0.2) is 11.5 Å². The highest BCUT2D eigenvalue weighted by molar-refractivity contribution is 9.10. The molecule has 0 saturated carbocycles. The average Bonchev–Trinajstić information content (AvgIpc) is 2.31. The number of primary amides is 1. The fourth-order valence-corrected chi connectivity index (χ4v) is 1.96. The lowest BCUT2D eigenvalue weighted by Gasteiger charge is -2.14. The van der Waals surface area contributed by atoms with Crippen LogP contribution in [0.5, 0.6) is 11.5 Å². The van der Waals surface area contributed by atoms with Crippen molar-refractivity contribution >= 4 is 21.8 Å². The summed E-state index contributed by atoms with van der Waals surface area (Å²) in [5.41, 5.74) is 6.82. The van der Waals surface area contributed by atoms with Gasteiger partial charge in [-0.15, -0.1) is 0 Å². The van der Waals surface area contributed by atoms with Crippen molar-refractivity contribution in [2.75, 3.05) is 13.2 Å². The highest BCUT2D eigenvalue weighted by Gasteiger charge is 2.14. The van der Waals surface area contributed by atoms with Crippen LogP contribution in [0.4, 0.5) is 0 Å². The molecule has 0 aromatic heterocycles. The summed E-state index contributed by atoms with van der Waals surface area (Å²) in [7, 11) is 0. The first kappa shape index (κ1) is 15.6. The van der Waals surface area contributed by atoms with E-state index in [-0.39, 0.29) is 0 Å². The molecule has 0 atom stereocenters. The van der Waals surface area contributed by atoms with Crippen LogP contribution in [0, 0.1) is 0 Å². The third-order valence-electron chi connectivity index (χ3n) is 2.31. The lowest BCUT2D eigenvalue weighted by Crippen LogP contribution is -2.12. The van der Waals surface area contributed by atoms with Crippen LogP contribution in [0.15, 0.2) is 28.3 Å². The molecular formula is C14H18BrNO3. The molecule has 1 rings (SSSR count). The smallest absolute Gasteiger partial charge is 0.248 e. The molecule has 19 heavy (non-hydrogen) atoms. The predicted molar refractivity (Wildman–Crippen MR) is 78.8 cm³/mol. The molecule has 1 aromatic carbocycles. The van der Waals surface area contributed by atoms with Gasteiger partial charge in [0.2, 0.25) is 5.91 Å². The van der Waals surface area contributed by atoms with Gasteiger partial charge in [0.1, 0.15) is 6.61 Å². The maximum Gasteiger partial charge on any atom is 0.248 e. The number of halogens is 1. The molecule has 0 unspecified atom stereocenters. The van der Waals surface area contributed by atoms with E-state index in [0.717, 1.165) is 0 Å². The van der Waals surface area contributed by atoms with E-state index in [0.29, 0.717) is 34.7 Å². The second-order valence-electron chi connectivity index (χ2n) is 4.18. The third-order valence-corrected chi connectivity index (χ3v) is 2.90. The number of ether oxygens (including phenoxy) is 2. The molecule has 0 bridgehead atoms. The number of hydrogen-bond donors (Lipinski definition) is 1. The number of amides is 1. The van der Waals surface area contributed by atoms with Gasteiger partial charge in [0, 0.05) is 5.56 Å². The minimum absolute atomic E-state index is 0.380. The van der Waals surface area contributed by atoms with E-state index in [1.807, 2.05) is 26.8 Å². The Kier molecular flexibility index (Phi) is 5.89. The number of rotatable bonds is 6. The highest BCUT2D eigenvalue weighted by Crippen LogP contribution is 2.36. The van der Waals surface area contributed by atoms with Crippen LogP contribution in [0.25, 0.3) is 0 Å². The van der Waals surface area contributed by atoms with Crippen LogP contribution in [0.1, 0.15) is 31.1 Å². The Morgan fingerprint density at radius 3 is 2.58 bits per heavy atom. The molecule has 0 spiro atoms. The molecule has 0 aliphatic rings. The van der Waals surface area contributed by atoms with Gasteiger partial charge in [0.25, 0.3) is 0 Å². The summed E-state index contributed by atoms with van der Waals surface area (Å²) in [5.74, 6) is 0.578. The minimum atomic E-state index is -0.502. The van der Waals surface area contributed by atoms with Crippen molar-refractivity contribution in [3.63, 3.8) is 0 Å². The van der Waals surface area contributed by atoms with E-state index in [4.69, 9.17) is 15.2 Å². The summed E-state index contributed by atoms with van der Waals surface area (Å²) in [4.78, 5) is 11.2. The number of carbonyl (C=O) groups excluding carboxylic acids is 1. The van der Waals surface area contributed by atoms with Crippen molar-refractivity contribution in [2.24, 2.45) is 5.73 Å². The monoisotopic (exact) mass is 327 g/mol. The van der Waals surface area contributed by atoms with Gasteiger partial charge in [-0.05, 0) is 54.9 Å². The van der Waals surface area contributed by atoms with Gasteiger partial charge < -0.3 is 15.2 Å². The van der Waals surface area contributed by atoms with Gasteiger partial charge in [-0.25, -0.2) is 0 Å². The molecule has 104 valence electrons. The Labute approximate surface area is 121 Å². The van der Waals surface area contributed by atoms with E-state index in [9.17, 15) is 4.79 Å². The Morgan fingerprint density at radius 1 is 1.37 bits per heavy atom. The fraction of sp³-hybridized carbons (Fsp3) is 0.357. The first-order valence-corrected chi connectivity index (χ1v) is 6.77. The second-order valence-corrected chi connectivity index (χ2v) is 5.03. The Morgan fingerprint density at radius 2 is 2.05 bits per heavy atom. The number of carbonyl (C=O) groups is 1. The van der Waals surface area contributed by atoms with E-state index >= 15 is 0 Å². The maximum absolute atomic E-state index is 11.2. The molecule has 1 aromatic rings. The molecule has 0 aliphatic heterocycles. The van der Waals surface area contributed by atoms with Crippen LogP contribution in [-0.2, 0) is 0 Å². The lowest BCUT2D eigenvalue weighted by atomic mass is 10.2. The zero-order valence-electron chi connectivity index (χ0n) is 11.3. The maximum atomic E-state index is 11.2. The van der Waals surface area contributed by atoms with Crippen LogP contribution in [-0.4, -0.2) is 19.1 Å². The summed E-state index contributed by atoms with van der Waals surface area (Å²) in [5, 5.41) is 0. The van der Waals surface area contributed by atoms with Crippen LogP contribution in [0.2, 0.25) is 0 Å². The van der Waals surface area contributed by atoms with Gasteiger partial charge in [-0.1, -0.05) is 5.57 Å². The first-order chi connectivity index (χ1) is 8.95. The van der Waals surface area contributed by atoms with Gasteiger partial charge >= 0.3 is 0 Å². The average molecular weight is 328 g/mol. The minimum Gasteiger partial charge on any atom is -0.490 e. The summed E-state index contributed by atoms with van der Waals surface area (Å²) < 4.78 is 11.8. The van der Waals surface area contributed by atoms with Crippen molar-refractivity contribution in [1.82, 2.24) is 0 Å². The van der Waals surface area contributed by atoms with Crippen LogP contribution >= 0.6 is 15.9 Å². The van der Waals surface area contributed by atoms with Crippen molar-refractivity contribution in [3.05, 3.63) is 33.8 Å². The molecule has 0 fully saturated rings. The largest absolute Gasteiger partial charge is 0.490 e. The van der Waals surface area contributed by atoms with Crippen molar-refractivity contribution in [2.45, 2.75) is 20.8 Å². The van der Waals surface area contributed by atoms with Crippen LogP contribution in [0.3, 0.4) is 0 Å². The highest BCUT2D eigenvalue weighted by atomic mass is 79.9. The van der Waals surface area contributed by atoms with Crippen molar-refractivity contribution in [3.8, 4) is 11.5 Å². The Balaban J connectivity index is 3.07. The summed E-state index contributed by atoms with van der Waals surface area (Å²) in [6.07, 6.45) is 1.96. The summed E-state index contributed by atoms with van der Waals surface area (Å²) in [6, 6.07) is 3.22. The summed E-state index contributed by atoms with van der Waals surface area (Å²) in [6.45, 7) is 6.78. The van der Waals surface area contributed by atoms with E-state index in [1.54, 1.807) is 12.1 Å². The van der Waals surface area contributed by atoms with Crippen molar-refractivity contribution < 1.29 is 14.3 Å². The molecular weight excluding hydrogens is 310 g/mol. The number of nitrogens with two attached hydrogens (primary N) is 1. The number of hydrogen-bond acceptors (Lipinski definition) is 3. The molecule has 1 amide bonds. The molecule has 0 aliphatic carbocycles. The van der Waals surface area contributed by atoms with E-state index < -0.39 is 5.91 Å². The molecule has 0 saturated heterocycles. The second kappa shape index (κ2) is 7.19. The Bertz CT molecular complexity index is 494. The quantitative estimate of drug-likeness (QED) is 0.815. The fourth-order valence-electron chi connectivity index (χ4n) is 1.40. The topological polar surface area (TPSA) is 61.5 Å². The molecule has 0 radical (unpaired) electrons. The van der Waals surface area contributed by atoms with Gasteiger partial charge in [-0.3, -0.25) is 4.79 Å². The van der Waals surface area contributed by atoms with Crippen molar-refractivity contribution in [1.29, 1.82) is 0 Å². The Hall–Kier alpha value is -1.49. The molecule has 0 heterocycles. The molecule has 2 N–H and O–H groups in total. The van der Waals surface area contributed by atoms with Gasteiger partial charge in [-0.2, -0.15) is 0 Å². The predicted octanol–water partition coefficient (Wildman–Crippen LogP) is 3.29. The molecule has 4 nitrogen and oxygen atoms in total. The first-order valence-electron chi connectivity index (χ1n) is 5.98. The van der Waals surface area contributed by atoms with E-state index in [1.165, 1.54) is 5.57 Å².